The lowest BCUT2D eigenvalue weighted by atomic mass is 10.1. The van der Waals surface area contributed by atoms with Crippen molar-refractivity contribution in [1.82, 2.24) is 8.87 Å². The molecule has 0 aliphatic heterocycles. The van der Waals surface area contributed by atoms with E-state index < -0.39 is 10.0 Å². The van der Waals surface area contributed by atoms with Gasteiger partial charge in [-0.25, -0.2) is 17.7 Å². The smallest absolute Gasteiger partial charge is 0.242 e. The van der Waals surface area contributed by atoms with Crippen molar-refractivity contribution in [2.75, 3.05) is 20.7 Å². The van der Waals surface area contributed by atoms with Gasteiger partial charge in [-0.2, -0.15) is 0 Å². The van der Waals surface area contributed by atoms with Crippen LogP contribution in [0.25, 0.3) is 11.3 Å². The highest BCUT2D eigenvalue weighted by molar-refractivity contribution is 7.89. The van der Waals surface area contributed by atoms with Crippen LogP contribution in [-0.4, -0.2) is 38.0 Å². The Bertz CT molecular complexity index is 1400. The SMILES string of the molecule is CCOc1ccc(N=c2scc(-c3ccc(S(=O)(=O)N(C)C)cc3)n2Cc2ccccc2)cc1. The summed E-state index contributed by atoms with van der Waals surface area (Å²) in [6.07, 6.45) is 0. The van der Waals surface area contributed by atoms with Gasteiger partial charge in [0.05, 0.1) is 29.4 Å². The largest absolute Gasteiger partial charge is 0.494 e. The Kier molecular flexibility index (Phi) is 7.31. The van der Waals surface area contributed by atoms with Gasteiger partial charge < -0.3 is 9.30 Å². The van der Waals surface area contributed by atoms with E-state index in [-0.39, 0.29) is 4.90 Å². The molecule has 1 heterocycles. The second-order valence-electron chi connectivity index (χ2n) is 7.83. The summed E-state index contributed by atoms with van der Waals surface area (Å²) < 4.78 is 33.8. The zero-order valence-electron chi connectivity index (χ0n) is 19.4. The van der Waals surface area contributed by atoms with Gasteiger partial charge in [-0.1, -0.05) is 42.5 Å². The molecule has 0 aliphatic rings. The van der Waals surface area contributed by atoms with E-state index in [1.165, 1.54) is 18.4 Å². The van der Waals surface area contributed by atoms with Crippen molar-refractivity contribution in [1.29, 1.82) is 0 Å². The molecule has 0 amide bonds. The zero-order chi connectivity index (χ0) is 24.1. The number of benzene rings is 3. The molecule has 0 spiro atoms. The van der Waals surface area contributed by atoms with Crippen LogP contribution in [0.5, 0.6) is 5.75 Å². The first kappa shape index (κ1) is 23.9. The molecule has 0 aliphatic carbocycles. The molecule has 4 rings (SSSR count). The van der Waals surface area contributed by atoms with Crippen LogP contribution in [0.15, 0.2) is 94.1 Å². The van der Waals surface area contributed by atoms with Crippen LogP contribution in [0.3, 0.4) is 0 Å². The van der Waals surface area contributed by atoms with E-state index in [0.29, 0.717) is 13.2 Å². The van der Waals surface area contributed by atoms with Crippen molar-refractivity contribution in [2.45, 2.75) is 18.4 Å². The van der Waals surface area contributed by atoms with Crippen LogP contribution in [0.4, 0.5) is 5.69 Å². The number of thiazole rings is 1. The lowest BCUT2D eigenvalue weighted by Gasteiger charge is -2.13. The third-order valence-electron chi connectivity index (χ3n) is 5.28. The maximum absolute atomic E-state index is 12.5. The Morgan fingerprint density at radius 2 is 1.62 bits per heavy atom. The van der Waals surface area contributed by atoms with Crippen molar-refractivity contribution in [3.63, 3.8) is 0 Å². The number of hydrogen-bond acceptors (Lipinski definition) is 5. The number of nitrogens with zero attached hydrogens (tertiary/aromatic N) is 3. The van der Waals surface area contributed by atoms with Crippen LogP contribution in [-0.2, 0) is 16.6 Å². The third-order valence-corrected chi connectivity index (χ3v) is 7.98. The van der Waals surface area contributed by atoms with Gasteiger partial charge in [-0.3, -0.25) is 0 Å². The van der Waals surface area contributed by atoms with Crippen molar-refractivity contribution >= 4 is 27.0 Å². The maximum Gasteiger partial charge on any atom is 0.242 e. The van der Waals surface area contributed by atoms with Gasteiger partial charge in [0.2, 0.25) is 10.0 Å². The van der Waals surface area contributed by atoms with Gasteiger partial charge in [0.15, 0.2) is 4.80 Å². The van der Waals surface area contributed by atoms with E-state index in [1.54, 1.807) is 23.5 Å². The van der Waals surface area contributed by atoms with Crippen LogP contribution in [0, 0.1) is 0 Å². The molecule has 6 nitrogen and oxygen atoms in total. The average molecular weight is 494 g/mol. The highest BCUT2D eigenvalue weighted by Crippen LogP contribution is 2.25. The second-order valence-corrected chi connectivity index (χ2v) is 10.8. The monoisotopic (exact) mass is 493 g/mol. The standard InChI is InChI=1S/C26H27N3O3S2/c1-4-32-23-14-12-22(13-15-23)27-26-29(18-20-8-6-5-7-9-20)25(19-33-26)21-10-16-24(17-11-21)34(30,31)28(2)3/h5-17,19H,4,18H2,1-3H3. The topological polar surface area (TPSA) is 63.9 Å². The zero-order valence-corrected chi connectivity index (χ0v) is 21.0. The van der Waals surface area contributed by atoms with Crippen LogP contribution < -0.4 is 9.54 Å². The highest BCUT2D eigenvalue weighted by atomic mass is 32.2. The molecule has 3 aromatic carbocycles. The molecule has 8 heteroatoms. The molecular formula is C26H27N3O3S2. The number of sulfonamides is 1. The molecule has 0 N–H and O–H groups in total. The molecule has 0 saturated carbocycles. The molecule has 4 aromatic rings. The number of rotatable bonds is 8. The molecule has 0 unspecified atom stereocenters. The fourth-order valence-electron chi connectivity index (χ4n) is 3.47. The molecule has 0 bridgehead atoms. The highest BCUT2D eigenvalue weighted by Gasteiger charge is 2.17. The summed E-state index contributed by atoms with van der Waals surface area (Å²) in [5, 5.41) is 2.06. The summed E-state index contributed by atoms with van der Waals surface area (Å²) in [6, 6.07) is 24.9. The van der Waals surface area contributed by atoms with E-state index in [1.807, 2.05) is 61.5 Å². The quantitative estimate of drug-likeness (QED) is 0.341. The molecule has 34 heavy (non-hydrogen) atoms. The van der Waals surface area contributed by atoms with Crippen molar-refractivity contribution in [2.24, 2.45) is 4.99 Å². The Hall–Kier alpha value is -3.20. The summed E-state index contributed by atoms with van der Waals surface area (Å²) in [5.74, 6) is 0.818. The van der Waals surface area contributed by atoms with E-state index in [0.717, 1.165) is 33.1 Å². The Morgan fingerprint density at radius 1 is 0.941 bits per heavy atom. The number of ether oxygens (including phenoxy) is 1. The fraction of sp³-hybridized carbons (Fsp3) is 0.192. The summed E-state index contributed by atoms with van der Waals surface area (Å²) in [7, 11) is -0.413. The van der Waals surface area contributed by atoms with Crippen LogP contribution in [0.1, 0.15) is 12.5 Å². The summed E-state index contributed by atoms with van der Waals surface area (Å²) >= 11 is 1.55. The van der Waals surface area contributed by atoms with Crippen LogP contribution >= 0.6 is 11.3 Å². The lowest BCUT2D eigenvalue weighted by molar-refractivity contribution is 0.340. The summed E-state index contributed by atoms with van der Waals surface area (Å²) in [6.45, 7) is 3.23. The second kappa shape index (κ2) is 10.4. The van der Waals surface area contributed by atoms with Gasteiger partial charge in [0.1, 0.15) is 5.75 Å². The minimum Gasteiger partial charge on any atom is -0.494 e. The first-order valence-corrected chi connectivity index (χ1v) is 13.2. The fourth-order valence-corrected chi connectivity index (χ4v) is 5.30. The number of aromatic nitrogens is 1. The van der Waals surface area contributed by atoms with Crippen molar-refractivity contribution < 1.29 is 13.2 Å². The predicted octanol–water partition coefficient (Wildman–Crippen LogP) is 5.15. The van der Waals surface area contributed by atoms with E-state index in [9.17, 15) is 8.42 Å². The van der Waals surface area contributed by atoms with Gasteiger partial charge in [0.25, 0.3) is 0 Å². The van der Waals surface area contributed by atoms with Crippen LogP contribution in [0.2, 0.25) is 0 Å². The van der Waals surface area contributed by atoms with E-state index in [2.05, 4.69) is 22.1 Å². The van der Waals surface area contributed by atoms with Crippen molar-refractivity contribution in [3.8, 4) is 17.0 Å². The lowest BCUT2D eigenvalue weighted by Crippen LogP contribution is -2.22. The van der Waals surface area contributed by atoms with Gasteiger partial charge >= 0.3 is 0 Å². The van der Waals surface area contributed by atoms with E-state index in [4.69, 9.17) is 9.73 Å². The first-order valence-electron chi connectivity index (χ1n) is 10.9. The molecule has 0 fully saturated rings. The van der Waals surface area contributed by atoms with Gasteiger partial charge in [-0.05, 0) is 54.4 Å². The minimum atomic E-state index is -3.48. The molecule has 1 aromatic heterocycles. The Labute approximate surface area is 204 Å². The molecular weight excluding hydrogens is 466 g/mol. The Balaban J connectivity index is 1.76. The maximum atomic E-state index is 12.5. The summed E-state index contributed by atoms with van der Waals surface area (Å²) in [4.78, 5) is 6.01. The molecule has 176 valence electrons. The molecule has 0 atom stereocenters. The number of hydrogen-bond donors (Lipinski definition) is 0. The normalized spacial score (nSPS) is 12.3. The first-order chi connectivity index (χ1) is 16.4. The summed E-state index contributed by atoms with van der Waals surface area (Å²) in [5.41, 5.74) is 3.90. The van der Waals surface area contributed by atoms with Gasteiger partial charge in [-0.15, -0.1) is 11.3 Å². The average Bonchev–Trinajstić information content (AvgIpc) is 3.23. The predicted molar refractivity (Wildman–Crippen MR) is 137 cm³/mol. The van der Waals surface area contributed by atoms with Gasteiger partial charge in [0, 0.05) is 19.5 Å². The van der Waals surface area contributed by atoms with E-state index >= 15 is 0 Å². The Morgan fingerprint density at radius 3 is 2.24 bits per heavy atom. The molecule has 0 saturated heterocycles. The third kappa shape index (κ3) is 5.30. The minimum absolute atomic E-state index is 0.269. The molecule has 0 radical (unpaired) electrons. The van der Waals surface area contributed by atoms with Crippen molar-refractivity contribution in [3.05, 3.63) is 94.6 Å².